The van der Waals surface area contributed by atoms with E-state index in [1.54, 1.807) is 0 Å². The molecule has 4 N–H and O–H groups in total. The summed E-state index contributed by atoms with van der Waals surface area (Å²) in [4.78, 5) is 36.4. The number of hydrogen-bond acceptors (Lipinski definition) is 9. The second-order valence-corrected chi connectivity index (χ2v) is 15.9. The molecule has 0 aliphatic carbocycles. The Morgan fingerprint density at radius 1 is 0.511 bits per heavy atom. The Morgan fingerprint density at radius 2 is 0.830 bits per heavy atom. The fourth-order valence-electron chi connectivity index (χ4n) is 5.91. The van der Waals surface area contributed by atoms with Crippen molar-refractivity contribution in [2.45, 2.75) is 204 Å². The number of nitrogens with two attached hydrogens (primary N) is 2. The monoisotopic (exact) mass is 703 g/mol. The summed E-state index contributed by atoms with van der Waals surface area (Å²) in [5.41, 5.74) is 11.8. The summed E-state index contributed by atoms with van der Waals surface area (Å²) in [6.07, 6.45) is 36.9. The summed E-state index contributed by atoms with van der Waals surface area (Å²) >= 11 is 0. The third kappa shape index (κ3) is 28.7. The molecule has 278 valence electrons. The van der Waals surface area contributed by atoms with Crippen LogP contribution in [-0.4, -0.2) is 55.0 Å². The molecule has 7 nitrogen and oxygen atoms in total. The van der Waals surface area contributed by atoms with Gasteiger partial charge in [0.15, 0.2) is 0 Å². The third-order valence-corrected chi connectivity index (χ3v) is 11.9. The zero-order chi connectivity index (χ0) is 34.8. The number of rotatable bonds is 36. The van der Waals surface area contributed by atoms with Gasteiger partial charge in [-0.3, -0.25) is 14.4 Å². The highest BCUT2D eigenvalue weighted by Gasteiger charge is 2.32. The highest BCUT2D eigenvalue weighted by atomic mass is 33.1. The maximum Gasteiger partial charge on any atom is 0.324 e. The minimum Gasteiger partial charge on any atom is -0.468 e. The quantitative estimate of drug-likeness (QED) is 0.0373. The average molecular weight is 703 g/mol. The van der Waals surface area contributed by atoms with Crippen LogP contribution >= 0.6 is 21.6 Å². The van der Waals surface area contributed by atoms with Gasteiger partial charge in [-0.2, -0.15) is 0 Å². The number of esters is 2. The maximum atomic E-state index is 12.9. The fourth-order valence-corrected chi connectivity index (χ4v) is 8.67. The highest BCUT2D eigenvalue weighted by Crippen LogP contribution is 2.31. The van der Waals surface area contributed by atoms with Crippen LogP contribution in [0.3, 0.4) is 0 Å². The molecule has 0 aliphatic rings. The summed E-state index contributed by atoms with van der Waals surface area (Å²) in [6.45, 7) is 2.29. The molecule has 0 spiro atoms. The van der Waals surface area contributed by atoms with Crippen molar-refractivity contribution in [1.82, 2.24) is 0 Å². The smallest absolute Gasteiger partial charge is 0.324 e. The lowest BCUT2D eigenvalue weighted by atomic mass is 10.0. The lowest BCUT2D eigenvalue weighted by Gasteiger charge is -2.20. The van der Waals surface area contributed by atoms with Gasteiger partial charge < -0.3 is 20.9 Å². The van der Waals surface area contributed by atoms with Crippen molar-refractivity contribution in [3.63, 3.8) is 0 Å². The molecule has 9 heteroatoms. The fraction of sp³-hybridized carbons (Fsp3) is 0.921. The largest absolute Gasteiger partial charge is 0.468 e. The number of unbranched alkanes of at least 4 members (excludes halogenated alkanes) is 26. The molecular weight excluding hydrogens is 629 g/mol. The van der Waals surface area contributed by atoms with Gasteiger partial charge in [-0.05, 0) is 6.42 Å². The molecule has 0 saturated carbocycles. The SMILES string of the molecule is CCCCCCCCCCCCCCCCCCCCCCCCCCCCCC(=O)C(SSC[C@H](N)C(=O)OC)[C@H](N)C(=O)OC. The van der Waals surface area contributed by atoms with E-state index >= 15 is 0 Å². The van der Waals surface area contributed by atoms with Crippen LogP contribution in [0.4, 0.5) is 0 Å². The van der Waals surface area contributed by atoms with E-state index in [9.17, 15) is 14.4 Å². The average Bonchev–Trinajstić information content (AvgIpc) is 3.08. The van der Waals surface area contributed by atoms with Crippen molar-refractivity contribution < 1.29 is 23.9 Å². The molecule has 0 fully saturated rings. The number of ketones is 1. The Balaban J connectivity index is 3.60. The molecule has 1 unspecified atom stereocenters. The third-order valence-electron chi connectivity index (χ3n) is 9.07. The molecular formula is C38H74N2O5S2. The highest BCUT2D eigenvalue weighted by molar-refractivity contribution is 8.77. The summed E-state index contributed by atoms with van der Waals surface area (Å²) < 4.78 is 9.38. The van der Waals surface area contributed by atoms with Gasteiger partial charge in [-0.15, -0.1) is 0 Å². The molecule has 0 bridgehead atoms. The van der Waals surface area contributed by atoms with E-state index in [0.29, 0.717) is 6.42 Å². The van der Waals surface area contributed by atoms with Gasteiger partial charge in [0.05, 0.1) is 19.5 Å². The van der Waals surface area contributed by atoms with E-state index in [1.165, 1.54) is 190 Å². The van der Waals surface area contributed by atoms with Gasteiger partial charge in [-0.25, -0.2) is 0 Å². The Hall–Kier alpha value is -0.770. The second kappa shape index (κ2) is 35.1. The molecule has 0 radical (unpaired) electrons. The lowest BCUT2D eigenvalue weighted by Crippen LogP contribution is -2.45. The molecule has 0 aromatic rings. The van der Waals surface area contributed by atoms with E-state index in [4.69, 9.17) is 16.2 Å². The van der Waals surface area contributed by atoms with Crippen LogP contribution in [0.2, 0.25) is 0 Å². The van der Waals surface area contributed by atoms with E-state index in [0.717, 1.165) is 19.3 Å². The van der Waals surface area contributed by atoms with E-state index in [-0.39, 0.29) is 11.5 Å². The van der Waals surface area contributed by atoms with Gasteiger partial charge in [0, 0.05) is 12.2 Å². The summed E-state index contributed by atoms with van der Waals surface area (Å²) in [5.74, 6) is -0.936. The van der Waals surface area contributed by atoms with Gasteiger partial charge in [0.1, 0.15) is 17.9 Å². The van der Waals surface area contributed by atoms with Crippen LogP contribution in [-0.2, 0) is 23.9 Å². The molecule has 0 amide bonds. The van der Waals surface area contributed by atoms with Crippen LogP contribution in [0, 0.1) is 0 Å². The first-order valence-corrected chi connectivity index (χ1v) is 21.7. The van der Waals surface area contributed by atoms with Crippen molar-refractivity contribution >= 4 is 39.3 Å². The Morgan fingerprint density at radius 3 is 1.15 bits per heavy atom. The zero-order valence-corrected chi connectivity index (χ0v) is 32.4. The second-order valence-electron chi connectivity index (χ2n) is 13.4. The summed E-state index contributed by atoms with van der Waals surface area (Å²) in [7, 11) is 4.98. The van der Waals surface area contributed by atoms with Crippen LogP contribution in [0.1, 0.15) is 187 Å². The topological polar surface area (TPSA) is 122 Å². The zero-order valence-electron chi connectivity index (χ0n) is 30.8. The number of methoxy groups -OCH3 is 2. The lowest BCUT2D eigenvalue weighted by molar-refractivity contribution is -0.143. The molecule has 0 aromatic carbocycles. The standard InChI is InChI=1S/C38H74N2O5S2/c1-4-5-6-7-8-9-10-11-12-13-14-15-16-17-18-19-20-21-22-23-24-25-26-27-28-29-30-31-34(41)36(35(40)38(43)45-3)47-46-32-33(39)37(42)44-2/h33,35-36H,4-32,39-40H2,1-3H3/t33-,35-,36?/m0/s1. The van der Waals surface area contributed by atoms with Crippen LogP contribution in [0.15, 0.2) is 0 Å². The number of Topliss-reactive ketones (excluding diaryl/α,β-unsaturated/α-hetero) is 1. The normalized spacial score (nSPS) is 13.3. The molecule has 0 aliphatic heterocycles. The van der Waals surface area contributed by atoms with Gasteiger partial charge in [0.25, 0.3) is 0 Å². The van der Waals surface area contributed by atoms with Crippen LogP contribution in [0.25, 0.3) is 0 Å². The predicted molar refractivity (Wildman–Crippen MR) is 204 cm³/mol. The van der Waals surface area contributed by atoms with Crippen molar-refractivity contribution in [3.05, 3.63) is 0 Å². The molecule has 0 heterocycles. The molecule has 0 aromatic heterocycles. The Bertz CT molecular complexity index is 743. The minimum atomic E-state index is -1.05. The van der Waals surface area contributed by atoms with E-state index < -0.39 is 29.3 Å². The first kappa shape index (κ1) is 46.2. The van der Waals surface area contributed by atoms with Crippen molar-refractivity contribution in [2.24, 2.45) is 11.5 Å². The summed E-state index contributed by atoms with van der Waals surface area (Å²) in [6, 6.07) is -1.84. The van der Waals surface area contributed by atoms with E-state index in [1.807, 2.05) is 0 Å². The number of ether oxygens (including phenoxy) is 2. The van der Waals surface area contributed by atoms with Crippen molar-refractivity contribution in [2.75, 3.05) is 20.0 Å². The summed E-state index contributed by atoms with van der Waals surface area (Å²) in [5, 5.41) is -0.735. The van der Waals surface area contributed by atoms with E-state index in [2.05, 4.69) is 11.7 Å². The predicted octanol–water partition coefficient (Wildman–Crippen LogP) is 10.2. The molecule has 3 atom stereocenters. The number of carbonyl (C=O) groups excluding carboxylic acids is 3. The minimum absolute atomic E-state index is 0.0633. The first-order chi connectivity index (χ1) is 22.9. The van der Waals surface area contributed by atoms with Gasteiger partial charge in [-0.1, -0.05) is 195 Å². The molecule has 0 rings (SSSR count). The van der Waals surface area contributed by atoms with Crippen molar-refractivity contribution in [3.8, 4) is 0 Å². The van der Waals surface area contributed by atoms with Gasteiger partial charge in [0.2, 0.25) is 0 Å². The Kier molecular flexibility index (Phi) is 34.5. The van der Waals surface area contributed by atoms with Crippen molar-refractivity contribution in [1.29, 1.82) is 0 Å². The van der Waals surface area contributed by atoms with Crippen LogP contribution < -0.4 is 11.5 Å². The first-order valence-electron chi connectivity index (χ1n) is 19.4. The van der Waals surface area contributed by atoms with Crippen LogP contribution in [0.5, 0.6) is 0 Å². The molecule has 47 heavy (non-hydrogen) atoms. The number of carbonyl (C=O) groups is 3. The molecule has 0 saturated heterocycles. The Labute approximate surface area is 297 Å². The number of hydrogen-bond donors (Lipinski definition) is 2. The van der Waals surface area contributed by atoms with Gasteiger partial charge >= 0.3 is 11.9 Å². The maximum absolute atomic E-state index is 12.9.